The highest BCUT2D eigenvalue weighted by Gasteiger charge is 2.18. The fourth-order valence-electron chi connectivity index (χ4n) is 12.5. The molecule has 0 spiro atoms. The van der Waals surface area contributed by atoms with Crippen LogP contribution in [0.1, 0.15) is 444 Å². The van der Waals surface area contributed by atoms with Gasteiger partial charge in [0, 0.05) is 12.8 Å². The summed E-state index contributed by atoms with van der Waals surface area (Å²) in [5.74, 6) is -0.0442. The molecule has 0 bridgehead atoms. The quantitative estimate of drug-likeness (QED) is 0.0320. The Morgan fingerprint density at radius 3 is 0.835 bits per heavy atom. The van der Waals surface area contributed by atoms with Gasteiger partial charge in [0.1, 0.15) is 0 Å². The molecule has 0 saturated heterocycles. The molecule has 0 heterocycles. The van der Waals surface area contributed by atoms with E-state index in [0.717, 1.165) is 44.9 Å². The molecule has 6 heteroatoms. The van der Waals surface area contributed by atoms with E-state index < -0.39 is 12.1 Å². The lowest BCUT2D eigenvalue weighted by Crippen LogP contribution is -2.45. The molecule has 0 aliphatic heterocycles. The molecule has 2 unspecified atom stereocenters. The molecule has 1 amide bonds. The van der Waals surface area contributed by atoms with E-state index in [1.165, 1.54) is 372 Å². The van der Waals surface area contributed by atoms with Crippen LogP contribution in [0, 0.1) is 0 Å². The summed E-state index contributed by atoms with van der Waals surface area (Å²) in [6, 6.07) is -0.625. The monoisotopic (exact) mass is 1200 g/mol. The van der Waals surface area contributed by atoms with Crippen molar-refractivity contribution in [2.24, 2.45) is 0 Å². The van der Waals surface area contributed by atoms with Gasteiger partial charge in [-0.25, -0.2) is 0 Å². The molecule has 504 valence electrons. The lowest BCUT2D eigenvalue weighted by Gasteiger charge is -2.20. The standard InChI is InChI=1S/C79H153NO5/c1-3-5-7-9-11-13-15-17-19-20-21-37-40-44-47-51-55-59-63-67-71-77(82)76(75-81)80-78(83)72-68-64-60-56-52-48-45-41-38-35-33-31-29-27-25-23-22-24-26-28-30-32-34-36-39-42-46-50-54-58-62-66-70-74-85-79(84)73-69-65-61-57-53-49-43-18-16-14-12-10-8-6-4-2/h18,43,67,71,76-77,81-82H,3-17,19-42,44-66,68-70,72-75H2,1-2H3,(H,80,83)/b43-18-,71-67+. The van der Waals surface area contributed by atoms with Crippen LogP contribution in [0.4, 0.5) is 0 Å². The van der Waals surface area contributed by atoms with Crippen molar-refractivity contribution in [2.45, 2.75) is 456 Å². The number of aliphatic hydroxyl groups is 2. The molecule has 3 N–H and O–H groups in total. The van der Waals surface area contributed by atoms with Crippen molar-refractivity contribution in [3.63, 3.8) is 0 Å². The second-order valence-corrected chi connectivity index (χ2v) is 27.0. The van der Waals surface area contributed by atoms with Crippen LogP contribution < -0.4 is 5.32 Å². The smallest absolute Gasteiger partial charge is 0.305 e. The Kier molecular flexibility index (Phi) is 73.3. The fraction of sp³-hybridized carbons (Fsp3) is 0.924. The molecule has 6 nitrogen and oxygen atoms in total. The number of unbranched alkanes of at least 4 members (excludes halogenated alkanes) is 61. The van der Waals surface area contributed by atoms with Crippen molar-refractivity contribution in [1.29, 1.82) is 0 Å². The highest BCUT2D eigenvalue weighted by atomic mass is 16.5. The summed E-state index contributed by atoms with van der Waals surface area (Å²) in [7, 11) is 0. The molecule has 0 fully saturated rings. The van der Waals surface area contributed by atoms with Crippen LogP contribution in [-0.2, 0) is 14.3 Å². The Labute approximate surface area is 532 Å². The topological polar surface area (TPSA) is 95.9 Å². The molecular weight excluding hydrogens is 1040 g/mol. The molecule has 0 aromatic carbocycles. The molecule has 0 aromatic rings. The second-order valence-electron chi connectivity index (χ2n) is 27.0. The zero-order valence-corrected chi connectivity index (χ0v) is 57.9. The molecule has 2 atom stereocenters. The number of hydrogen-bond donors (Lipinski definition) is 3. The number of rotatable bonds is 74. The van der Waals surface area contributed by atoms with E-state index >= 15 is 0 Å². The van der Waals surface area contributed by atoms with Crippen LogP contribution in [0.5, 0.6) is 0 Å². The Morgan fingerprint density at radius 2 is 0.553 bits per heavy atom. The maximum atomic E-state index is 12.5. The first-order valence-corrected chi connectivity index (χ1v) is 39.1. The van der Waals surface area contributed by atoms with Gasteiger partial charge >= 0.3 is 5.97 Å². The minimum atomic E-state index is -0.842. The van der Waals surface area contributed by atoms with Crippen LogP contribution in [-0.4, -0.2) is 47.4 Å². The first kappa shape index (κ1) is 83.3. The molecule has 0 saturated carbocycles. The Balaban J connectivity index is 3.34. The van der Waals surface area contributed by atoms with Crippen molar-refractivity contribution in [2.75, 3.05) is 13.2 Å². The predicted octanol–water partition coefficient (Wildman–Crippen LogP) is 25.7. The number of carbonyl (C=O) groups excluding carboxylic acids is 2. The summed E-state index contributed by atoms with van der Waals surface area (Å²) in [5, 5.41) is 23.3. The van der Waals surface area contributed by atoms with Gasteiger partial charge in [0.15, 0.2) is 0 Å². The minimum Gasteiger partial charge on any atom is -0.466 e. The highest BCUT2D eigenvalue weighted by molar-refractivity contribution is 5.76. The summed E-state index contributed by atoms with van der Waals surface area (Å²) in [6.45, 7) is 4.95. The van der Waals surface area contributed by atoms with Gasteiger partial charge in [-0.3, -0.25) is 9.59 Å². The van der Waals surface area contributed by atoms with Gasteiger partial charge in [0.25, 0.3) is 0 Å². The molecular formula is C79H153NO5. The molecule has 0 rings (SSSR count). The average molecular weight is 1200 g/mol. The second kappa shape index (κ2) is 74.8. The molecule has 0 aromatic heterocycles. The molecule has 0 aliphatic rings. The molecule has 0 aliphatic carbocycles. The average Bonchev–Trinajstić information content (AvgIpc) is 3.51. The first-order chi connectivity index (χ1) is 42.0. The third-order valence-corrected chi connectivity index (χ3v) is 18.5. The van der Waals surface area contributed by atoms with Gasteiger partial charge < -0.3 is 20.3 Å². The van der Waals surface area contributed by atoms with Gasteiger partial charge in [-0.1, -0.05) is 398 Å². The number of aliphatic hydroxyl groups excluding tert-OH is 2. The maximum absolute atomic E-state index is 12.5. The number of allylic oxidation sites excluding steroid dienone is 3. The van der Waals surface area contributed by atoms with Gasteiger partial charge in [-0.15, -0.1) is 0 Å². The van der Waals surface area contributed by atoms with E-state index in [0.29, 0.717) is 19.4 Å². The summed E-state index contributed by atoms with van der Waals surface area (Å²) in [6.07, 6.45) is 95.8. The van der Waals surface area contributed by atoms with Crippen molar-refractivity contribution in [3.05, 3.63) is 24.3 Å². The van der Waals surface area contributed by atoms with Crippen LogP contribution in [0.25, 0.3) is 0 Å². The number of amides is 1. The number of ether oxygens (including phenoxy) is 1. The van der Waals surface area contributed by atoms with Gasteiger partial charge in [0.2, 0.25) is 5.91 Å². The van der Waals surface area contributed by atoms with Crippen molar-refractivity contribution in [3.8, 4) is 0 Å². The number of nitrogens with one attached hydrogen (secondary N) is 1. The van der Waals surface area contributed by atoms with E-state index in [-0.39, 0.29) is 18.5 Å². The summed E-state index contributed by atoms with van der Waals surface area (Å²) in [5.41, 5.74) is 0. The molecule has 0 radical (unpaired) electrons. The van der Waals surface area contributed by atoms with Gasteiger partial charge in [0.05, 0.1) is 25.4 Å². The SMILES string of the molecule is CCCCCCCC/C=C\CCCCCCCC(=O)OCCCCCCCCCCCCCCCCCCCCCCCCCCCCCCCCCCCC(=O)NC(CO)C(O)/C=C/CCCCCCCCCCCCCCCCCCCC. The normalized spacial score (nSPS) is 12.6. The van der Waals surface area contributed by atoms with E-state index in [1.807, 2.05) is 6.08 Å². The largest absolute Gasteiger partial charge is 0.466 e. The van der Waals surface area contributed by atoms with Gasteiger partial charge in [-0.2, -0.15) is 0 Å². The fourth-order valence-corrected chi connectivity index (χ4v) is 12.5. The Morgan fingerprint density at radius 1 is 0.318 bits per heavy atom. The predicted molar refractivity (Wildman–Crippen MR) is 375 cm³/mol. The van der Waals surface area contributed by atoms with E-state index in [2.05, 4.69) is 31.3 Å². The van der Waals surface area contributed by atoms with Crippen molar-refractivity contribution < 1.29 is 24.5 Å². The van der Waals surface area contributed by atoms with Crippen LogP contribution in [0.3, 0.4) is 0 Å². The lowest BCUT2D eigenvalue weighted by molar-refractivity contribution is -0.143. The van der Waals surface area contributed by atoms with E-state index in [1.54, 1.807) is 6.08 Å². The number of carbonyl (C=O) groups is 2. The van der Waals surface area contributed by atoms with Crippen molar-refractivity contribution >= 4 is 11.9 Å². The number of hydrogen-bond acceptors (Lipinski definition) is 5. The Bertz CT molecular complexity index is 1330. The van der Waals surface area contributed by atoms with Crippen LogP contribution >= 0.6 is 0 Å². The zero-order chi connectivity index (χ0) is 61.3. The highest BCUT2D eigenvalue weighted by Crippen LogP contribution is 2.20. The third-order valence-electron chi connectivity index (χ3n) is 18.5. The molecule has 85 heavy (non-hydrogen) atoms. The van der Waals surface area contributed by atoms with Crippen LogP contribution in [0.2, 0.25) is 0 Å². The first-order valence-electron chi connectivity index (χ1n) is 39.1. The minimum absolute atomic E-state index is 0.0144. The zero-order valence-electron chi connectivity index (χ0n) is 57.9. The van der Waals surface area contributed by atoms with Crippen molar-refractivity contribution in [1.82, 2.24) is 5.32 Å². The van der Waals surface area contributed by atoms with Crippen LogP contribution in [0.15, 0.2) is 24.3 Å². The third kappa shape index (κ3) is 71.3. The van der Waals surface area contributed by atoms with Gasteiger partial charge in [-0.05, 0) is 57.8 Å². The van der Waals surface area contributed by atoms with E-state index in [9.17, 15) is 19.8 Å². The summed E-state index contributed by atoms with van der Waals surface area (Å²) in [4.78, 5) is 24.6. The lowest BCUT2D eigenvalue weighted by atomic mass is 10.0. The summed E-state index contributed by atoms with van der Waals surface area (Å²) >= 11 is 0. The van der Waals surface area contributed by atoms with E-state index in [4.69, 9.17) is 4.74 Å². The number of esters is 1. The maximum Gasteiger partial charge on any atom is 0.305 e. The Hall–Kier alpha value is -1.66. The summed E-state index contributed by atoms with van der Waals surface area (Å²) < 4.78 is 5.50.